The molecule has 0 saturated carbocycles. The van der Waals surface area contributed by atoms with Gasteiger partial charge in [-0.2, -0.15) is 4.31 Å². The standard InChI is InChI=1S/C20H26N4O3S2.HI/c1-21-20(23-9-8-16-4-2-3-5-17(16)15-23)22-14-18-6-7-19(28-18)29(25,26)24-10-12-27-13-11-24;/h2-7H,8-15H2,1H3,(H,21,22);1H. The summed E-state index contributed by atoms with van der Waals surface area (Å²) in [6.45, 7) is 4.03. The van der Waals surface area contributed by atoms with E-state index in [2.05, 4.69) is 39.5 Å². The van der Waals surface area contributed by atoms with Crippen LogP contribution in [0, 0.1) is 0 Å². The summed E-state index contributed by atoms with van der Waals surface area (Å²) in [5.74, 6) is 0.838. The molecule has 3 heterocycles. The van der Waals surface area contributed by atoms with E-state index in [-0.39, 0.29) is 24.0 Å². The Bertz CT molecular complexity index is 987. The fourth-order valence-corrected chi connectivity index (χ4v) is 6.54. The smallest absolute Gasteiger partial charge is 0.252 e. The minimum Gasteiger partial charge on any atom is -0.379 e. The number of halogens is 1. The maximum Gasteiger partial charge on any atom is 0.252 e. The van der Waals surface area contributed by atoms with E-state index in [0.29, 0.717) is 37.1 Å². The van der Waals surface area contributed by atoms with Crippen LogP contribution in [-0.2, 0) is 34.3 Å². The van der Waals surface area contributed by atoms with Crippen LogP contribution in [0.5, 0.6) is 0 Å². The third-order valence-corrected chi connectivity index (χ3v) is 8.72. The van der Waals surface area contributed by atoms with Crippen molar-refractivity contribution >= 4 is 51.3 Å². The fraction of sp³-hybridized carbons (Fsp3) is 0.450. The number of aliphatic imine (C=N–C) groups is 1. The number of benzene rings is 1. The van der Waals surface area contributed by atoms with Gasteiger partial charge >= 0.3 is 0 Å². The average molecular weight is 562 g/mol. The van der Waals surface area contributed by atoms with Gasteiger partial charge in [-0.3, -0.25) is 4.99 Å². The maximum absolute atomic E-state index is 12.8. The van der Waals surface area contributed by atoms with Crippen molar-refractivity contribution in [3.63, 3.8) is 0 Å². The van der Waals surface area contributed by atoms with Crippen molar-refractivity contribution in [1.82, 2.24) is 14.5 Å². The van der Waals surface area contributed by atoms with Gasteiger partial charge in [-0.15, -0.1) is 35.3 Å². The van der Waals surface area contributed by atoms with E-state index < -0.39 is 10.0 Å². The first-order valence-electron chi connectivity index (χ1n) is 9.77. The number of sulfonamides is 1. The molecule has 1 N–H and O–H groups in total. The second kappa shape index (κ2) is 10.4. The van der Waals surface area contributed by atoms with Crippen molar-refractivity contribution in [1.29, 1.82) is 0 Å². The van der Waals surface area contributed by atoms with E-state index >= 15 is 0 Å². The number of guanidine groups is 1. The van der Waals surface area contributed by atoms with Gasteiger partial charge in [0.2, 0.25) is 0 Å². The lowest BCUT2D eigenvalue weighted by molar-refractivity contribution is 0.0731. The van der Waals surface area contributed by atoms with Crippen molar-refractivity contribution in [2.75, 3.05) is 39.9 Å². The van der Waals surface area contributed by atoms with Gasteiger partial charge in [0.05, 0.1) is 19.8 Å². The highest BCUT2D eigenvalue weighted by molar-refractivity contribution is 14.0. The summed E-state index contributed by atoms with van der Waals surface area (Å²) >= 11 is 1.31. The Balaban J connectivity index is 0.00000256. The van der Waals surface area contributed by atoms with E-state index in [9.17, 15) is 8.42 Å². The molecule has 7 nitrogen and oxygen atoms in total. The van der Waals surface area contributed by atoms with E-state index in [0.717, 1.165) is 30.3 Å². The topological polar surface area (TPSA) is 74.2 Å². The van der Waals surface area contributed by atoms with Crippen molar-refractivity contribution in [2.45, 2.75) is 23.7 Å². The molecular formula is C20H27IN4O3S2. The van der Waals surface area contributed by atoms with Gasteiger partial charge in [0.1, 0.15) is 4.21 Å². The number of hydrogen-bond acceptors (Lipinski definition) is 5. The van der Waals surface area contributed by atoms with Gasteiger partial charge in [0, 0.05) is 38.1 Å². The maximum atomic E-state index is 12.8. The molecule has 0 unspecified atom stereocenters. The molecule has 0 spiro atoms. The quantitative estimate of drug-likeness (QED) is 0.353. The van der Waals surface area contributed by atoms with Gasteiger partial charge < -0.3 is 15.0 Å². The number of nitrogens with one attached hydrogen (secondary N) is 1. The second-order valence-corrected chi connectivity index (χ2v) is 10.4. The van der Waals surface area contributed by atoms with E-state index in [4.69, 9.17) is 4.74 Å². The lowest BCUT2D eigenvalue weighted by Crippen LogP contribution is -2.43. The lowest BCUT2D eigenvalue weighted by atomic mass is 10.0. The normalized spacial score (nSPS) is 17.9. The van der Waals surface area contributed by atoms with Crippen LogP contribution >= 0.6 is 35.3 Å². The predicted octanol–water partition coefficient (Wildman–Crippen LogP) is 2.52. The first-order valence-corrected chi connectivity index (χ1v) is 12.0. The molecule has 30 heavy (non-hydrogen) atoms. The molecule has 0 radical (unpaired) electrons. The largest absolute Gasteiger partial charge is 0.379 e. The molecule has 0 bridgehead atoms. The minimum atomic E-state index is -3.44. The summed E-state index contributed by atoms with van der Waals surface area (Å²) in [7, 11) is -1.65. The monoisotopic (exact) mass is 562 g/mol. The van der Waals surface area contributed by atoms with Gasteiger partial charge in [-0.05, 0) is 29.7 Å². The number of nitrogens with zero attached hydrogens (tertiary/aromatic N) is 3. The predicted molar refractivity (Wildman–Crippen MR) is 130 cm³/mol. The van der Waals surface area contributed by atoms with Crippen molar-refractivity contribution in [3.05, 3.63) is 52.4 Å². The SMILES string of the molecule is CN=C(NCc1ccc(S(=O)(=O)N2CCOCC2)s1)N1CCc2ccccc2C1.I. The Labute approximate surface area is 199 Å². The highest BCUT2D eigenvalue weighted by Crippen LogP contribution is 2.26. The Hall–Kier alpha value is -1.21. The Morgan fingerprint density at radius 1 is 1.13 bits per heavy atom. The highest BCUT2D eigenvalue weighted by atomic mass is 127. The molecule has 4 rings (SSSR count). The van der Waals surface area contributed by atoms with Gasteiger partial charge in [0.25, 0.3) is 10.0 Å². The zero-order chi connectivity index (χ0) is 20.3. The van der Waals surface area contributed by atoms with Crippen LogP contribution in [0.2, 0.25) is 0 Å². The van der Waals surface area contributed by atoms with Crippen LogP contribution in [0.1, 0.15) is 16.0 Å². The fourth-order valence-electron chi connectivity index (χ4n) is 3.68. The molecule has 0 atom stereocenters. The van der Waals surface area contributed by atoms with Crippen LogP contribution in [0.4, 0.5) is 0 Å². The average Bonchev–Trinajstić information content (AvgIpc) is 3.25. The minimum absolute atomic E-state index is 0. The van der Waals surface area contributed by atoms with E-state index in [1.165, 1.54) is 26.8 Å². The van der Waals surface area contributed by atoms with Gasteiger partial charge in [-0.1, -0.05) is 24.3 Å². The summed E-state index contributed by atoms with van der Waals surface area (Å²) < 4.78 is 32.7. The third kappa shape index (κ3) is 5.16. The highest BCUT2D eigenvalue weighted by Gasteiger charge is 2.27. The number of fused-ring (bicyclic) bond motifs is 1. The van der Waals surface area contributed by atoms with E-state index in [1.807, 2.05) is 6.07 Å². The number of rotatable bonds is 4. The molecule has 1 saturated heterocycles. The van der Waals surface area contributed by atoms with E-state index in [1.54, 1.807) is 13.1 Å². The Morgan fingerprint density at radius 2 is 1.87 bits per heavy atom. The molecular weight excluding hydrogens is 535 g/mol. The molecule has 10 heteroatoms. The molecule has 0 aliphatic carbocycles. The van der Waals surface area contributed by atoms with Gasteiger partial charge in [-0.25, -0.2) is 8.42 Å². The van der Waals surface area contributed by atoms with Crippen molar-refractivity contribution < 1.29 is 13.2 Å². The summed E-state index contributed by atoms with van der Waals surface area (Å²) in [5.41, 5.74) is 2.73. The zero-order valence-corrected chi connectivity index (χ0v) is 20.9. The Kier molecular flexibility index (Phi) is 8.13. The molecule has 1 fully saturated rings. The van der Waals surface area contributed by atoms with Gasteiger partial charge in [0.15, 0.2) is 5.96 Å². The molecule has 1 aromatic heterocycles. The first kappa shape index (κ1) is 23.5. The van der Waals surface area contributed by atoms with Crippen LogP contribution in [-0.4, -0.2) is 63.5 Å². The Morgan fingerprint density at radius 3 is 2.60 bits per heavy atom. The van der Waals surface area contributed by atoms with Crippen LogP contribution in [0.3, 0.4) is 0 Å². The second-order valence-electron chi connectivity index (χ2n) is 7.08. The molecule has 2 aliphatic rings. The summed E-state index contributed by atoms with van der Waals surface area (Å²) in [4.78, 5) is 7.63. The van der Waals surface area contributed by atoms with Crippen molar-refractivity contribution in [3.8, 4) is 0 Å². The zero-order valence-electron chi connectivity index (χ0n) is 16.9. The first-order chi connectivity index (χ1) is 14.1. The number of thiophene rings is 1. The number of hydrogen-bond donors (Lipinski definition) is 1. The van der Waals surface area contributed by atoms with Crippen molar-refractivity contribution in [2.24, 2.45) is 4.99 Å². The van der Waals surface area contributed by atoms with Crippen LogP contribution < -0.4 is 5.32 Å². The summed E-state index contributed by atoms with van der Waals surface area (Å²) in [6, 6.07) is 12.1. The molecule has 164 valence electrons. The van der Waals surface area contributed by atoms with Crippen LogP contribution in [0.25, 0.3) is 0 Å². The van der Waals surface area contributed by atoms with Crippen LogP contribution in [0.15, 0.2) is 45.6 Å². The molecule has 0 amide bonds. The number of ether oxygens (including phenoxy) is 1. The molecule has 1 aromatic carbocycles. The lowest BCUT2D eigenvalue weighted by Gasteiger charge is -2.31. The summed E-state index contributed by atoms with van der Waals surface area (Å²) in [5, 5.41) is 3.39. The number of morpholine rings is 1. The molecule has 2 aliphatic heterocycles. The molecule has 2 aromatic rings. The summed E-state index contributed by atoms with van der Waals surface area (Å²) in [6.07, 6.45) is 0.998. The third-order valence-electron chi connectivity index (χ3n) is 5.26.